The molecule has 0 amide bonds. The van der Waals surface area contributed by atoms with Crippen LogP contribution < -0.4 is 10.5 Å². The lowest BCUT2D eigenvalue weighted by Gasteiger charge is -2.08. The molecular formula is C14H15FN2O. The van der Waals surface area contributed by atoms with E-state index in [0.29, 0.717) is 18.2 Å². The van der Waals surface area contributed by atoms with Crippen LogP contribution >= 0.6 is 0 Å². The maximum atomic E-state index is 13.0. The lowest BCUT2D eigenvalue weighted by atomic mass is 10.2. The van der Waals surface area contributed by atoms with Crippen LogP contribution in [-0.4, -0.2) is 4.98 Å². The Balaban J connectivity index is 2.28. The molecule has 0 radical (unpaired) electrons. The second-order valence-electron chi connectivity index (χ2n) is 3.92. The molecule has 0 aliphatic carbocycles. The maximum absolute atomic E-state index is 13.0. The summed E-state index contributed by atoms with van der Waals surface area (Å²) in [6.07, 6.45) is 0.799. The number of aryl methyl sites for hydroxylation is 1. The number of aromatic nitrogens is 1. The van der Waals surface area contributed by atoms with Crippen molar-refractivity contribution in [3.8, 4) is 11.6 Å². The van der Waals surface area contributed by atoms with Gasteiger partial charge in [-0.3, -0.25) is 0 Å². The third-order valence-electron chi connectivity index (χ3n) is 2.53. The molecule has 1 heterocycles. The van der Waals surface area contributed by atoms with E-state index in [9.17, 15) is 4.39 Å². The van der Waals surface area contributed by atoms with E-state index in [1.54, 1.807) is 18.2 Å². The van der Waals surface area contributed by atoms with Crippen LogP contribution in [0.15, 0.2) is 36.4 Å². The van der Waals surface area contributed by atoms with Gasteiger partial charge in [-0.05, 0) is 30.2 Å². The lowest BCUT2D eigenvalue weighted by molar-refractivity contribution is 0.455. The maximum Gasteiger partial charge on any atom is 0.219 e. The van der Waals surface area contributed by atoms with Crippen LogP contribution in [0.25, 0.3) is 0 Å². The highest BCUT2D eigenvalue weighted by molar-refractivity contribution is 5.31. The van der Waals surface area contributed by atoms with Crippen molar-refractivity contribution in [2.75, 3.05) is 0 Å². The van der Waals surface area contributed by atoms with E-state index >= 15 is 0 Å². The number of hydrogen-bond donors (Lipinski definition) is 1. The van der Waals surface area contributed by atoms with E-state index in [-0.39, 0.29) is 5.82 Å². The molecule has 1 aromatic carbocycles. The first-order valence-electron chi connectivity index (χ1n) is 5.84. The Morgan fingerprint density at radius 2 is 2.11 bits per heavy atom. The van der Waals surface area contributed by atoms with Gasteiger partial charge in [-0.15, -0.1) is 0 Å². The first kappa shape index (κ1) is 12.5. The molecule has 94 valence electrons. The molecule has 3 nitrogen and oxygen atoms in total. The summed E-state index contributed by atoms with van der Waals surface area (Å²) in [6.45, 7) is 2.43. The van der Waals surface area contributed by atoms with E-state index in [1.165, 1.54) is 12.1 Å². The van der Waals surface area contributed by atoms with Crippen LogP contribution in [-0.2, 0) is 13.0 Å². The second-order valence-corrected chi connectivity index (χ2v) is 3.92. The van der Waals surface area contributed by atoms with Crippen molar-refractivity contribution in [3.63, 3.8) is 0 Å². The number of ether oxygens (including phenoxy) is 1. The van der Waals surface area contributed by atoms with Crippen LogP contribution in [0.5, 0.6) is 11.6 Å². The van der Waals surface area contributed by atoms with Gasteiger partial charge >= 0.3 is 0 Å². The van der Waals surface area contributed by atoms with Crippen molar-refractivity contribution in [3.05, 3.63) is 53.5 Å². The van der Waals surface area contributed by atoms with Crippen LogP contribution in [0, 0.1) is 5.82 Å². The van der Waals surface area contributed by atoms with E-state index < -0.39 is 0 Å². The van der Waals surface area contributed by atoms with Gasteiger partial charge in [0, 0.05) is 24.4 Å². The average Bonchev–Trinajstić information content (AvgIpc) is 2.38. The highest BCUT2D eigenvalue weighted by Crippen LogP contribution is 2.21. The van der Waals surface area contributed by atoms with Gasteiger partial charge in [-0.2, -0.15) is 0 Å². The fraction of sp³-hybridized carbons (Fsp3) is 0.214. The number of pyridine rings is 1. The predicted molar refractivity (Wildman–Crippen MR) is 68.0 cm³/mol. The number of halogens is 1. The van der Waals surface area contributed by atoms with Crippen molar-refractivity contribution in [1.82, 2.24) is 4.98 Å². The van der Waals surface area contributed by atoms with Crippen molar-refractivity contribution in [2.45, 2.75) is 19.9 Å². The van der Waals surface area contributed by atoms with Gasteiger partial charge in [-0.25, -0.2) is 9.37 Å². The summed E-state index contributed by atoms with van der Waals surface area (Å²) in [5, 5.41) is 0. The van der Waals surface area contributed by atoms with Gasteiger partial charge in [-0.1, -0.05) is 13.0 Å². The quantitative estimate of drug-likeness (QED) is 0.902. The van der Waals surface area contributed by atoms with Crippen molar-refractivity contribution >= 4 is 0 Å². The first-order chi connectivity index (χ1) is 8.71. The Kier molecular flexibility index (Phi) is 3.89. The summed E-state index contributed by atoms with van der Waals surface area (Å²) in [4.78, 5) is 4.32. The summed E-state index contributed by atoms with van der Waals surface area (Å²) in [5.41, 5.74) is 7.48. The van der Waals surface area contributed by atoms with Gasteiger partial charge < -0.3 is 10.5 Å². The molecule has 0 bridgehead atoms. The summed E-state index contributed by atoms with van der Waals surface area (Å²) in [7, 11) is 0. The third-order valence-corrected chi connectivity index (χ3v) is 2.53. The van der Waals surface area contributed by atoms with E-state index in [4.69, 9.17) is 10.5 Å². The Hall–Kier alpha value is -1.94. The Morgan fingerprint density at radius 1 is 1.28 bits per heavy atom. The summed E-state index contributed by atoms with van der Waals surface area (Å²) in [5.74, 6) is 0.539. The molecule has 2 N–H and O–H groups in total. The number of hydrogen-bond acceptors (Lipinski definition) is 3. The first-order valence-corrected chi connectivity index (χ1v) is 5.84. The number of rotatable bonds is 4. The van der Waals surface area contributed by atoms with Crippen LogP contribution in [0.2, 0.25) is 0 Å². The molecule has 2 aromatic rings. The summed E-state index contributed by atoms with van der Waals surface area (Å²) >= 11 is 0. The van der Waals surface area contributed by atoms with Crippen LogP contribution in [0.4, 0.5) is 4.39 Å². The minimum atomic E-state index is -0.335. The highest BCUT2D eigenvalue weighted by Gasteiger charge is 2.04. The Morgan fingerprint density at radius 3 is 2.78 bits per heavy atom. The normalized spacial score (nSPS) is 10.4. The number of nitrogens with zero attached hydrogens (tertiary/aromatic N) is 1. The largest absolute Gasteiger partial charge is 0.439 e. The minimum Gasteiger partial charge on any atom is -0.439 e. The predicted octanol–water partition coefficient (Wildman–Crippen LogP) is 3.03. The lowest BCUT2D eigenvalue weighted by Crippen LogP contribution is -2.00. The molecule has 0 aliphatic rings. The van der Waals surface area contributed by atoms with E-state index in [2.05, 4.69) is 4.98 Å². The zero-order chi connectivity index (χ0) is 13.0. The fourth-order valence-electron chi connectivity index (χ4n) is 1.62. The third kappa shape index (κ3) is 3.05. The second kappa shape index (κ2) is 5.60. The molecule has 0 fully saturated rings. The van der Waals surface area contributed by atoms with Gasteiger partial charge in [0.05, 0.1) is 0 Å². The summed E-state index contributed by atoms with van der Waals surface area (Å²) < 4.78 is 18.6. The van der Waals surface area contributed by atoms with Gasteiger partial charge in [0.25, 0.3) is 0 Å². The Bertz CT molecular complexity index is 521. The molecule has 18 heavy (non-hydrogen) atoms. The van der Waals surface area contributed by atoms with Gasteiger partial charge in [0.2, 0.25) is 5.88 Å². The zero-order valence-electron chi connectivity index (χ0n) is 10.2. The average molecular weight is 246 g/mol. The van der Waals surface area contributed by atoms with Crippen molar-refractivity contribution < 1.29 is 9.13 Å². The fourth-order valence-corrected chi connectivity index (χ4v) is 1.62. The van der Waals surface area contributed by atoms with Gasteiger partial charge in [0.15, 0.2) is 0 Å². The van der Waals surface area contributed by atoms with E-state index in [1.807, 2.05) is 13.0 Å². The molecule has 1 aromatic heterocycles. The molecular weight excluding hydrogens is 231 g/mol. The van der Waals surface area contributed by atoms with Crippen LogP contribution in [0.3, 0.4) is 0 Å². The monoisotopic (exact) mass is 246 g/mol. The minimum absolute atomic E-state index is 0.335. The molecule has 0 spiro atoms. The Labute approximate surface area is 105 Å². The smallest absolute Gasteiger partial charge is 0.219 e. The number of benzene rings is 1. The number of nitrogens with two attached hydrogens (primary N) is 1. The van der Waals surface area contributed by atoms with Crippen LogP contribution in [0.1, 0.15) is 18.2 Å². The molecule has 4 heteroatoms. The zero-order valence-corrected chi connectivity index (χ0v) is 10.2. The molecule has 2 rings (SSSR count). The molecule has 0 aliphatic heterocycles. The SMILES string of the molecule is CCc1cc(CN)cc(Oc2cccc(F)c2)n1. The molecule has 0 unspecified atom stereocenters. The molecule has 0 atom stereocenters. The van der Waals surface area contributed by atoms with Crippen molar-refractivity contribution in [2.24, 2.45) is 5.73 Å². The van der Waals surface area contributed by atoms with Crippen molar-refractivity contribution in [1.29, 1.82) is 0 Å². The van der Waals surface area contributed by atoms with E-state index in [0.717, 1.165) is 17.7 Å². The standard InChI is InChI=1S/C14H15FN2O/c1-2-12-6-10(9-16)7-14(17-12)18-13-5-3-4-11(15)8-13/h3-8H,2,9,16H2,1H3. The summed E-state index contributed by atoms with van der Waals surface area (Å²) in [6, 6.07) is 9.68. The molecule has 0 saturated carbocycles. The molecule has 0 saturated heterocycles. The topological polar surface area (TPSA) is 48.1 Å². The highest BCUT2D eigenvalue weighted by atomic mass is 19.1. The van der Waals surface area contributed by atoms with Gasteiger partial charge in [0.1, 0.15) is 11.6 Å².